The maximum absolute atomic E-state index is 13.6. The zero-order valence-corrected chi connectivity index (χ0v) is 15.1. The minimum absolute atomic E-state index is 0.0410. The number of morpholine rings is 1. The van der Waals surface area contributed by atoms with Gasteiger partial charge < -0.3 is 15.0 Å². The number of piperazine rings is 1. The molecule has 27 heavy (non-hydrogen) atoms. The van der Waals surface area contributed by atoms with Crippen LogP contribution in [-0.2, 0) is 14.3 Å². The molecular formula is C18H24F2N4O3. The summed E-state index contributed by atoms with van der Waals surface area (Å²) < 4.78 is 31.8. The lowest BCUT2D eigenvalue weighted by atomic mass is 10.2. The summed E-state index contributed by atoms with van der Waals surface area (Å²) in [4.78, 5) is 30.3. The van der Waals surface area contributed by atoms with E-state index in [9.17, 15) is 18.4 Å². The van der Waals surface area contributed by atoms with E-state index >= 15 is 0 Å². The van der Waals surface area contributed by atoms with Crippen molar-refractivity contribution in [1.82, 2.24) is 14.7 Å². The van der Waals surface area contributed by atoms with E-state index in [1.807, 2.05) is 9.80 Å². The monoisotopic (exact) mass is 382 g/mol. The summed E-state index contributed by atoms with van der Waals surface area (Å²) >= 11 is 0. The quantitative estimate of drug-likeness (QED) is 0.798. The van der Waals surface area contributed by atoms with Gasteiger partial charge in [-0.3, -0.25) is 19.4 Å². The summed E-state index contributed by atoms with van der Waals surface area (Å²) in [6.07, 6.45) is 0. The van der Waals surface area contributed by atoms with E-state index in [2.05, 4.69) is 10.2 Å². The van der Waals surface area contributed by atoms with Crippen LogP contribution in [0.5, 0.6) is 0 Å². The Hall–Kier alpha value is -2.10. The third-order valence-corrected chi connectivity index (χ3v) is 4.76. The second kappa shape index (κ2) is 9.20. The maximum Gasteiger partial charge on any atom is 0.238 e. The van der Waals surface area contributed by atoms with Gasteiger partial charge in [-0.15, -0.1) is 0 Å². The molecule has 1 N–H and O–H groups in total. The Kier molecular flexibility index (Phi) is 6.70. The van der Waals surface area contributed by atoms with Crippen molar-refractivity contribution >= 4 is 17.5 Å². The Labute approximate surface area is 156 Å². The average molecular weight is 382 g/mol. The van der Waals surface area contributed by atoms with Crippen molar-refractivity contribution in [3.05, 3.63) is 29.8 Å². The molecule has 2 heterocycles. The number of nitrogens with zero attached hydrogens (tertiary/aromatic N) is 3. The summed E-state index contributed by atoms with van der Waals surface area (Å²) in [5.41, 5.74) is -0.0410. The number of hydrogen-bond donors (Lipinski definition) is 1. The molecule has 0 radical (unpaired) electrons. The van der Waals surface area contributed by atoms with Gasteiger partial charge in [-0.25, -0.2) is 8.78 Å². The molecule has 0 unspecified atom stereocenters. The highest BCUT2D eigenvalue weighted by molar-refractivity contribution is 5.92. The van der Waals surface area contributed by atoms with Gasteiger partial charge in [-0.05, 0) is 12.1 Å². The zero-order chi connectivity index (χ0) is 19.2. The smallest absolute Gasteiger partial charge is 0.238 e. The second-order valence-corrected chi connectivity index (χ2v) is 6.72. The van der Waals surface area contributed by atoms with Crippen LogP contribution in [-0.4, -0.2) is 92.1 Å². The van der Waals surface area contributed by atoms with E-state index in [1.165, 1.54) is 6.07 Å². The predicted octanol–water partition coefficient (Wildman–Crippen LogP) is 0.380. The first-order chi connectivity index (χ1) is 13.0. The highest BCUT2D eigenvalue weighted by Crippen LogP contribution is 2.15. The Morgan fingerprint density at radius 3 is 2.30 bits per heavy atom. The molecule has 9 heteroatoms. The van der Waals surface area contributed by atoms with Crippen molar-refractivity contribution in [2.75, 3.05) is 70.9 Å². The molecule has 2 amide bonds. The first-order valence-electron chi connectivity index (χ1n) is 9.06. The van der Waals surface area contributed by atoms with Crippen LogP contribution >= 0.6 is 0 Å². The number of anilines is 1. The maximum atomic E-state index is 13.6. The van der Waals surface area contributed by atoms with E-state index in [1.54, 1.807) is 0 Å². The number of hydrogen-bond acceptors (Lipinski definition) is 5. The van der Waals surface area contributed by atoms with Gasteiger partial charge in [0.2, 0.25) is 11.8 Å². The molecule has 0 atom stereocenters. The fraction of sp³-hybridized carbons (Fsp3) is 0.556. The number of halogens is 2. The lowest BCUT2D eigenvalue weighted by molar-refractivity contribution is -0.135. The van der Waals surface area contributed by atoms with Gasteiger partial charge in [0.25, 0.3) is 0 Å². The van der Waals surface area contributed by atoms with Gasteiger partial charge in [-0.1, -0.05) is 0 Å². The van der Waals surface area contributed by atoms with Gasteiger partial charge in [0.05, 0.1) is 32.0 Å². The van der Waals surface area contributed by atoms with Crippen molar-refractivity contribution in [3.63, 3.8) is 0 Å². The molecule has 0 saturated carbocycles. The number of ether oxygens (including phenoxy) is 1. The van der Waals surface area contributed by atoms with Crippen molar-refractivity contribution < 1.29 is 23.1 Å². The number of benzene rings is 1. The number of nitrogens with one attached hydrogen (secondary N) is 1. The third kappa shape index (κ3) is 5.69. The summed E-state index contributed by atoms with van der Waals surface area (Å²) in [5.74, 6) is -1.77. The first-order valence-corrected chi connectivity index (χ1v) is 9.06. The first kappa shape index (κ1) is 19.7. The van der Waals surface area contributed by atoms with E-state index in [0.29, 0.717) is 45.9 Å². The fourth-order valence-corrected chi connectivity index (χ4v) is 3.19. The molecule has 0 bridgehead atoms. The molecule has 0 spiro atoms. The van der Waals surface area contributed by atoms with Gasteiger partial charge in [0, 0.05) is 45.3 Å². The minimum atomic E-state index is -0.804. The normalized spacial score (nSPS) is 19.1. The standard InChI is InChI=1S/C18H24F2N4O3/c19-14-1-2-16(15(20)11-14)21-17(25)12-22-3-5-24(6-4-22)18(26)13-23-7-9-27-10-8-23/h1-2,11H,3-10,12-13H2,(H,21,25). The van der Waals surface area contributed by atoms with Crippen molar-refractivity contribution in [2.45, 2.75) is 0 Å². The average Bonchev–Trinajstić information content (AvgIpc) is 2.65. The Bertz CT molecular complexity index is 675. The van der Waals surface area contributed by atoms with Crippen LogP contribution in [0.1, 0.15) is 0 Å². The van der Waals surface area contributed by atoms with E-state index in [4.69, 9.17) is 4.74 Å². The Morgan fingerprint density at radius 2 is 1.63 bits per heavy atom. The third-order valence-electron chi connectivity index (χ3n) is 4.76. The molecule has 7 nitrogen and oxygen atoms in total. The van der Waals surface area contributed by atoms with Crippen LogP contribution in [0.15, 0.2) is 18.2 Å². The SMILES string of the molecule is O=C(CN1CCN(C(=O)CN2CCOCC2)CC1)Nc1ccc(F)cc1F. The molecule has 2 aliphatic heterocycles. The van der Waals surface area contributed by atoms with Crippen LogP contribution in [0.25, 0.3) is 0 Å². The van der Waals surface area contributed by atoms with Crippen LogP contribution in [0.4, 0.5) is 14.5 Å². The van der Waals surface area contributed by atoms with Crippen molar-refractivity contribution in [2.24, 2.45) is 0 Å². The van der Waals surface area contributed by atoms with Crippen LogP contribution in [0.2, 0.25) is 0 Å². The van der Waals surface area contributed by atoms with Gasteiger partial charge in [0.1, 0.15) is 11.6 Å². The van der Waals surface area contributed by atoms with Gasteiger partial charge in [-0.2, -0.15) is 0 Å². The zero-order valence-electron chi connectivity index (χ0n) is 15.1. The highest BCUT2D eigenvalue weighted by Gasteiger charge is 2.24. The summed E-state index contributed by atoms with van der Waals surface area (Å²) in [6.45, 7) is 5.62. The number of carbonyl (C=O) groups excluding carboxylic acids is 2. The Balaban J connectivity index is 1.40. The predicted molar refractivity (Wildman–Crippen MR) is 95.3 cm³/mol. The second-order valence-electron chi connectivity index (χ2n) is 6.72. The molecule has 2 saturated heterocycles. The van der Waals surface area contributed by atoms with E-state index in [-0.39, 0.29) is 24.0 Å². The fourth-order valence-electron chi connectivity index (χ4n) is 3.19. The Morgan fingerprint density at radius 1 is 0.963 bits per heavy atom. The lowest BCUT2D eigenvalue weighted by Crippen LogP contribution is -2.53. The summed E-state index contributed by atoms with van der Waals surface area (Å²) in [5, 5.41) is 2.45. The van der Waals surface area contributed by atoms with Gasteiger partial charge in [0.15, 0.2) is 0 Å². The molecule has 1 aromatic carbocycles. The minimum Gasteiger partial charge on any atom is -0.379 e. The summed E-state index contributed by atoms with van der Waals surface area (Å²) in [7, 11) is 0. The number of carbonyl (C=O) groups is 2. The molecule has 1 aromatic rings. The van der Waals surface area contributed by atoms with Crippen LogP contribution in [0.3, 0.4) is 0 Å². The highest BCUT2D eigenvalue weighted by atomic mass is 19.1. The van der Waals surface area contributed by atoms with Gasteiger partial charge >= 0.3 is 0 Å². The molecular weight excluding hydrogens is 358 g/mol. The van der Waals surface area contributed by atoms with E-state index in [0.717, 1.165) is 25.2 Å². The molecule has 0 aromatic heterocycles. The molecule has 2 fully saturated rings. The molecule has 148 valence electrons. The lowest BCUT2D eigenvalue weighted by Gasteiger charge is -2.36. The van der Waals surface area contributed by atoms with Crippen LogP contribution < -0.4 is 5.32 Å². The van der Waals surface area contributed by atoms with Crippen molar-refractivity contribution in [1.29, 1.82) is 0 Å². The van der Waals surface area contributed by atoms with Crippen molar-refractivity contribution in [3.8, 4) is 0 Å². The molecule has 0 aliphatic carbocycles. The topological polar surface area (TPSA) is 65.1 Å². The van der Waals surface area contributed by atoms with E-state index < -0.39 is 11.6 Å². The largest absolute Gasteiger partial charge is 0.379 e. The summed E-state index contributed by atoms with van der Waals surface area (Å²) in [6, 6.07) is 3.02. The molecule has 2 aliphatic rings. The number of rotatable bonds is 5. The van der Waals surface area contributed by atoms with Crippen LogP contribution in [0, 0.1) is 11.6 Å². The number of amides is 2. The molecule has 3 rings (SSSR count).